The molecule has 1 aromatic heterocycles. The maximum absolute atomic E-state index is 12.9. The number of nitrogens with one attached hydrogen (secondary N) is 3. The van der Waals surface area contributed by atoms with E-state index in [0.717, 1.165) is 42.5 Å². The van der Waals surface area contributed by atoms with Crippen molar-refractivity contribution in [2.45, 2.75) is 38.8 Å². The van der Waals surface area contributed by atoms with Gasteiger partial charge >= 0.3 is 6.03 Å². The number of urea groups is 1. The maximum Gasteiger partial charge on any atom is 0.321 e. The summed E-state index contributed by atoms with van der Waals surface area (Å²) in [5.41, 5.74) is 2.80. The third-order valence-electron chi connectivity index (χ3n) is 4.92. The van der Waals surface area contributed by atoms with Gasteiger partial charge in [0, 0.05) is 18.5 Å². The topological polar surface area (TPSA) is 92.4 Å². The second-order valence-electron chi connectivity index (χ2n) is 7.72. The van der Waals surface area contributed by atoms with E-state index < -0.39 is 0 Å². The average Bonchev–Trinajstić information content (AvgIpc) is 3.29. The SMILES string of the molecule is O=C(COCc1ccc(F)cc1)NCCCCCc1csc(NC(=O)NCc2ccccc2)n1. The van der Waals surface area contributed by atoms with Crippen molar-refractivity contribution in [3.8, 4) is 0 Å². The summed E-state index contributed by atoms with van der Waals surface area (Å²) in [6.45, 7) is 1.30. The Hall–Kier alpha value is -3.30. The minimum absolute atomic E-state index is 0.0229. The van der Waals surface area contributed by atoms with E-state index in [4.69, 9.17) is 4.74 Å². The lowest BCUT2D eigenvalue weighted by Gasteiger charge is -2.06. The molecule has 34 heavy (non-hydrogen) atoms. The molecule has 1 heterocycles. The Morgan fingerprint density at radius 1 is 0.941 bits per heavy atom. The molecule has 0 bridgehead atoms. The number of hydrogen-bond acceptors (Lipinski definition) is 5. The molecular formula is C25H29FN4O3S. The van der Waals surface area contributed by atoms with Gasteiger partial charge in [-0.15, -0.1) is 11.3 Å². The van der Waals surface area contributed by atoms with Gasteiger partial charge in [0.15, 0.2) is 5.13 Å². The molecule has 0 fully saturated rings. The molecule has 0 spiro atoms. The fourth-order valence-corrected chi connectivity index (χ4v) is 3.87. The van der Waals surface area contributed by atoms with E-state index >= 15 is 0 Å². The lowest BCUT2D eigenvalue weighted by atomic mass is 10.1. The number of thiazole rings is 1. The molecule has 0 saturated carbocycles. The van der Waals surface area contributed by atoms with Crippen molar-refractivity contribution in [1.29, 1.82) is 0 Å². The van der Waals surface area contributed by atoms with Crippen LogP contribution in [0.15, 0.2) is 60.0 Å². The van der Waals surface area contributed by atoms with Crippen molar-refractivity contribution >= 4 is 28.4 Å². The number of benzene rings is 2. The van der Waals surface area contributed by atoms with E-state index in [1.165, 1.54) is 23.5 Å². The molecular weight excluding hydrogens is 455 g/mol. The van der Waals surface area contributed by atoms with Gasteiger partial charge in [-0.1, -0.05) is 48.9 Å². The highest BCUT2D eigenvalue weighted by Crippen LogP contribution is 2.17. The molecule has 0 unspecified atom stereocenters. The highest BCUT2D eigenvalue weighted by atomic mass is 32.1. The Kier molecular flexibility index (Phi) is 10.5. The van der Waals surface area contributed by atoms with E-state index in [9.17, 15) is 14.0 Å². The Balaban J connectivity index is 1.20. The van der Waals surface area contributed by atoms with Crippen LogP contribution in [-0.4, -0.2) is 30.1 Å². The van der Waals surface area contributed by atoms with Gasteiger partial charge in [0.25, 0.3) is 0 Å². The normalized spacial score (nSPS) is 10.6. The van der Waals surface area contributed by atoms with Crippen molar-refractivity contribution in [3.63, 3.8) is 0 Å². The second kappa shape index (κ2) is 14.1. The van der Waals surface area contributed by atoms with Crippen LogP contribution >= 0.6 is 11.3 Å². The standard InChI is InChI=1S/C25H29FN4O3S/c26-21-12-10-20(11-13-21)16-33-17-23(31)27-14-6-2-5-9-22-18-34-25(29-22)30-24(32)28-15-19-7-3-1-4-8-19/h1,3-4,7-8,10-13,18H,2,5-6,9,14-17H2,(H,27,31)(H2,28,29,30,32). The summed E-state index contributed by atoms with van der Waals surface area (Å²) in [6.07, 6.45) is 3.58. The van der Waals surface area contributed by atoms with Crippen molar-refractivity contribution in [2.75, 3.05) is 18.5 Å². The first-order valence-corrected chi connectivity index (χ1v) is 12.1. The van der Waals surface area contributed by atoms with Crippen LogP contribution in [0.2, 0.25) is 0 Å². The summed E-state index contributed by atoms with van der Waals surface area (Å²) >= 11 is 1.41. The van der Waals surface area contributed by atoms with Crippen molar-refractivity contribution in [2.24, 2.45) is 0 Å². The predicted octanol–water partition coefficient (Wildman–Crippen LogP) is 4.65. The van der Waals surface area contributed by atoms with Gasteiger partial charge < -0.3 is 15.4 Å². The number of carbonyl (C=O) groups is 2. The number of carbonyl (C=O) groups excluding carboxylic acids is 2. The largest absolute Gasteiger partial charge is 0.367 e. The van der Waals surface area contributed by atoms with Crippen LogP contribution < -0.4 is 16.0 Å². The van der Waals surface area contributed by atoms with Crippen molar-refractivity contribution in [1.82, 2.24) is 15.6 Å². The van der Waals surface area contributed by atoms with Crippen LogP contribution in [0.4, 0.5) is 14.3 Å². The molecule has 9 heteroatoms. The van der Waals surface area contributed by atoms with E-state index in [-0.39, 0.29) is 31.0 Å². The Morgan fingerprint density at radius 3 is 2.53 bits per heavy atom. The molecule has 0 aliphatic heterocycles. The summed E-state index contributed by atoms with van der Waals surface area (Å²) in [5, 5.41) is 10.9. The number of ether oxygens (including phenoxy) is 1. The number of hydrogen-bond donors (Lipinski definition) is 3. The van der Waals surface area contributed by atoms with Crippen molar-refractivity contribution in [3.05, 3.63) is 82.6 Å². The Morgan fingerprint density at radius 2 is 1.74 bits per heavy atom. The van der Waals surface area contributed by atoms with Gasteiger partial charge in [-0.25, -0.2) is 14.2 Å². The molecule has 0 saturated heterocycles. The van der Waals surface area contributed by atoms with Gasteiger partial charge in [0.1, 0.15) is 12.4 Å². The number of aryl methyl sites for hydroxylation is 1. The van der Waals surface area contributed by atoms with Gasteiger partial charge in [0.05, 0.1) is 12.3 Å². The fourth-order valence-electron chi connectivity index (χ4n) is 3.13. The number of rotatable bonds is 13. The van der Waals surface area contributed by atoms with Gasteiger partial charge in [-0.05, 0) is 42.5 Å². The second-order valence-corrected chi connectivity index (χ2v) is 8.58. The Labute approximate surface area is 202 Å². The van der Waals surface area contributed by atoms with E-state index in [0.29, 0.717) is 18.2 Å². The summed E-state index contributed by atoms with van der Waals surface area (Å²) in [7, 11) is 0. The first-order valence-electron chi connectivity index (χ1n) is 11.2. The monoisotopic (exact) mass is 484 g/mol. The van der Waals surface area contributed by atoms with Crippen LogP contribution in [0, 0.1) is 5.82 Å². The first kappa shape index (κ1) is 25.3. The predicted molar refractivity (Wildman–Crippen MR) is 131 cm³/mol. The molecule has 3 aromatic rings. The zero-order chi connectivity index (χ0) is 24.0. The molecule has 3 rings (SSSR count). The summed E-state index contributed by atoms with van der Waals surface area (Å²) < 4.78 is 18.2. The third kappa shape index (κ3) is 9.68. The van der Waals surface area contributed by atoms with Crippen LogP contribution in [0.25, 0.3) is 0 Å². The van der Waals surface area contributed by atoms with Crippen LogP contribution in [0.1, 0.15) is 36.1 Å². The molecule has 2 aromatic carbocycles. The summed E-state index contributed by atoms with van der Waals surface area (Å²) in [4.78, 5) is 28.3. The summed E-state index contributed by atoms with van der Waals surface area (Å²) in [5.74, 6) is -0.460. The first-order chi connectivity index (χ1) is 16.6. The number of amides is 3. The highest BCUT2D eigenvalue weighted by Gasteiger charge is 2.07. The highest BCUT2D eigenvalue weighted by molar-refractivity contribution is 7.13. The molecule has 0 aliphatic carbocycles. The smallest absolute Gasteiger partial charge is 0.321 e. The molecule has 0 aliphatic rings. The average molecular weight is 485 g/mol. The van der Waals surface area contributed by atoms with Crippen LogP contribution in [0.5, 0.6) is 0 Å². The molecule has 0 atom stereocenters. The van der Waals surface area contributed by atoms with E-state index in [1.54, 1.807) is 12.1 Å². The minimum atomic E-state index is -0.296. The third-order valence-corrected chi connectivity index (χ3v) is 5.72. The van der Waals surface area contributed by atoms with Crippen molar-refractivity contribution < 1.29 is 18.7 Å². The van der Waals surface area contributed by atoms with Gasteiger partial charge in [-0.2, -0.15) is 0 Å². The number of nitrogens with zero attached hydrogens (tertiary/aromatic N) is 1. The van der Waals surface area contributed by atoms with E-state index in [2.05, 4.69) is 20.9 Å². The molecule has 180 valence electrons. The maximum atomic E-state index is 12.9. The number of aromatic nitrogens is 1. The van der Waals surface area contributed by atoms with Crippen LogP contribution in [-0.2, 0) is 29.1 Å². The van der Waals surface area contributed by atoms with Gasteiger partial charge in [0.2, 0.25) is 5.91 Å². The summed E-state index contributed by atoms with van der Waals surface area (Å²) in [6, 6.07) is 15.4. The number of halogens is 1. The Bertz CT molecular complexity index is 1030. The lowest BCUT2D eigenvalue weighted by Crippen LogP contribution is -2.28. The molecule has 7 nitrogen and oxygen atoms in total. The molecule has 3 N–H and O–H groups in total. The molecule has 0 radical (unpaired) electrons. The van der Waals surface area contributed by atoms with Crippen LogP contribution in [0.3, 0.4) is 0 Å². The quantitative estimate of drug-likeness (QED) is 0.308. The number of unbranched alkanes of at least 4 members (excludes halogenated alkanes) is 2. The van der Waals surface area contributed by atoms with E-state index in [1.807, 2.05) is 35.7 Å². The fraction of sp³-hybridized carbons (Fsp3) is 0.320. The zero-order valence-corrected chi connectivity index (χ0v) is 19.7. The minimum Gasteiger partial charge on any atom is -0.367 e. The molecule has 3 amide bonds. The zero-order valence-electron chi connectivity index (χ0n) is 18.9. The van der Waals surface area contributed by atoms with Gasteiger partial charge in [-0.3, -0.25) is 10.1 Å². The number of anilines is 1. The lowest BCUT2D eigenvalue weighted by molar-refractivity contribution is -0.126.